The second kappa shape index (κ2) is 2.46. The molecule has 3 nitrogen and oxygen atoms in total. The van der Waals surface area contributed by atoms with Gasteiger partial charge in [0.25, 0.3) is 0 Å². The molecule has 1 heterocycles. The monoisotopic (exact) mass is 123 g/mol. The summed E-state index contributed by atoms with van der Waals surface area (Å²) in [6, 6.07) is 1.81. The molecule has 4 N–H and O–H groups in total. The molecule has 0 fully saturated rings. The molecule has 0 aliphatic rings. The van der Waals surface area contributed by atoms with Crippen molar-refractivity contribution in [3.05, 3.63) is 24.0 Å². The molecule has 0 saturated carbocycles. The molecule has 0 bridgehead atoms. The first-order valence-electron chi connectivity index (χ1n) is 2.72. The van der Waals surface area contributed by atoms with Crippen LogP contribution < -0.4 is 11.5 Å². The van der Waals surface area contributed by atoms with Gasteiger partial charge in [0, 0.05) is 18.9 Å². The number of anilines is 1. The van der Waals surface area contributed by atoms with Crippen molar-refractivity contribution in [1.82, 2.24) is 4.98 Å². The number of nitrogen functional groups attached to an aromatic ring is 1. The van der Waals surface area contributed by atoms with E-state index in [0.29, 0.717) is 12.2 Å². The normalized spacial score (nSPS) is 9.44. The maximum absolute atomic E-state index is 5.42. The summed E-state index contributed by atoms with van der Waals surface area (Å²) < 4.78 is 0. The van der Waals surface area contributed by atoms with Crippen molar-refractivity contribution >= 4 is 5.69 Å². The van der Waals surface area contributed by atoms with Gasteiger partial charge in [0.2, 0.25) is 0 Å². The number of hydrogen-bond acceptors (Lipinski definition) is 3. The number of hydrogen-bond donors (Lipinski definition) is 2. The van der Waals surface area contributed by atoms with E-state index in [1.54, 1.807) is 12.4 Å². The van der Waals surface area contributed by atoms with Gasteiger partial charge in [-0.05, 0) is 11.6 Å². The first-order chi connectivity index (χ1) is 4.33. The van der Waals surface area contributed by atoms with Crippen LogP contribution in [-0.2, 0) is 6.54 Å². The lowest BCUT2D eigenvalue weighted by Crippen LogP contribution is -1.97. The highest BCUT2D eigenvalue weighted by Crippen LogP contribution is 2.01. The molecule has 48 valence electrons. The quantitative estimate of drug-likeness (QED) is 0.557. The van der Waals surface area contributed by atoms with Gasteiger partial charge < -0.3 is 11.5 Å². The lowest BCUT2D eigenvalue weighted by molar-refractivity contribution is 1.05. The van der Waals surface area contributed by atoms with Crippen molar-refractivity contribution in [3.8, 4) is 0 Å². The summed E-state index contributed by atoms with van der Waals surface area (Å²) in [6.45, 7) is 0.498. The molecule has 1 aromatic heterocycles. The first kappa shape index (κ1) is 6.04. The largest absolute Gasteiger partial charge is 0.397 e. The van der Waals surface area contributed by atoms with Gasteiger partial charge >= 0.3 is 0 Å². The molecule has 0 aliphatic carbocycles. The molecule has 0 radical (unpaired) electrons. The van der Waals surface area contributed by atoms with Crippen LogP contribution in [0.2, 0.25) is 0 Å². The molecule has 3 heteroatoms. The van der Waals surface area contributed by atoms with Crippen LogP contribution in [0.5, 0.6) is 0 Å². The SMILES string of the molecule is NCc1cncc(N)c1. The van der Waals surface area contributed by atoms with Gasteiger partial charge in [0.15, 0.2) is 0 Å². The number of nitrogens with two attached hydrogens (primary N) is 2. The zero-order chi connectivity index (χ0) is 6.69. The first-order valence-corrected chi connectivity index (χ1v) is 2.72. The lowest BCUT2D eigenvalue weighted by Gasteiger charge is -1.94. The number of aromatic nitrogens is 1. The Balaban J connectivity index is 2.94. The minimum atomic E-state index is 0.498. The van der Waals surface area contributed by atoms with Crippen LogP contribution in [0, 0.1) is 0 Å². The van der Waals surface area contributed by atoms with Gasteiger partial charge in [-0.3, -0.25) is 4.98 Å². The molecule has 0 spiro atoms. The van der Waals surface area contributed by atoms with E-state index in [1.807, 2.05) is 6.07 Å². The lowest BCUT2D eigenvalue weighted by atomic mass is 10.3. The fourth-order valence-corrected chi connectivity index (χ4v) is 0.619. The molecule has 0 aliphatic heterocycles. The number of nitrogens with zero attached hydrogens (tertiary/aromatic N) is 1. The standard InChI is InChI=1S/C6H9N3/c7-2-5-1-6(8)4-9-3-5/h1,3-4H,2,7-8H2. The number of rotatable bonds is 1. The van der Waals surface area contributed by atoms with Crippen molar-refractivity contribution in [3.63, 3.8) is 0 Å². The van der Waals surface area contributed by atoms with Gasteiger partial charge in [-0.25, -0.2) is 0 Å². The molecule has 0 atom stereocenters. The van der Waals surface area contributed by atoms with E-state index < -0.39 is 0 Å². The molecule has 1 aromatic rings. The van der Waals surface area contributed by atoms with Crippen molar-refractivity contribution < 1.29 is 0 Å². The van der Waals surface area contributed by atoms with Crippen LogP contribution in [-0.4, -0.2) is 4.98 Å². The fourth-order valence-electron chi connectivity index (χ4n) is 0.619. The third-order valence-corrected chi connectivity index (χ3v) is 1.05. The van der Waals surface area contributed by atoms with E-state index >= 15 is 0 Å². The molecule has 1 rings (SSSR count). The third-order valence-electron chi connectivity index (χ3n) is 1.05. The van der Waals surface area contributed by atoms with Crippen LogP contribution in [0.1, 0.15) is 5.56 Å². The second-order valence-corrected chi connectivity index (χ2v) is 1.83. The van der Waals surface area contributed by atoms with E-state index in [4.69, 9.17) is 11.5 Å². The molecule has 0 amide bonds. The zero-order valence-corrected chi connectivity index (χ0v) is 5.04. The predicted molar refractivity (Wildman–Crippen MR) is 36.5 cm³/mol. The van der Waals surface area contributed by atoms with E-state index in [2.05, 4.69) is 4.98 Å². The fraction of sp³-hybridized carbons (Fsp3) is 0.167. The van der Waals surface area contributed by atoms with E-state index in [0.717, 1.165) is 5.56 Å². The van der Waals surface area contributed by atoms with E-state index in [9.17, 15) is 0 Å². The van der Waals surface area contributed by atoms with Gasteiger partial charge in [-0.2, -0.15) is 0 Å². The summed E-state index contributed by atoms with van der Waals surface area (Å²) >= 11 is 0. The summed E-state index contributed by atoms with van der Waals surface area (Å²) in [5.41, 5.74) is 12.4. The Labute approximate surface area is 53.7 Å². The average Bonchev–Trinajstić information content (AvgIpc) is 1.88. The Hall–Kier alpha value is -1.09. The summed E-state index contributed by atoms with van der Waals surface area (Å²) in [5, 5.41) is 0. The summed E-state index contributed by atoms with van der Waals surface area (Å²) in [5.74, 6) is 0. The predicted octanol–water partition coefficient (Wildman–Crippen LogP) is 0.122. The molecule has 0 unspecified atom stereocenters. The molecular weight excluding hydrogens is 114 g/mol. The van der Waals surface area contributed by atoms with Crippen molar-refractivity contribution in [2.45, 2.75) is 6.54 Å². The van der Waals surface area contributed by atoms with E-state index in [-0.39, 0.29) is 0 Å². The Morgan fingerprint density at radius 3 is 2.67 bits per heavy atom. The van der Waals surface area contributed by atoms with Gasteiger partial charge in [0.05, 0.1) is 5.69 Å². The maximum Gasteiger partial charge on any atom is 0.0503 e. The van der Waals surface area contributed by atoms with Gasteiger partial charge in [-0.1, -0.05) is 0 Å². The molecule has 0 saturated heterocycles. The zero-order valence-electron chi connectivity index (χ0n) is 5.04. The number of pyridine rings is 1. The minimum Gasteiger partial charge on any atom is -0.397 e. The average molecular weight is 123 g/mol. The summed E-state index contributed by atoms with van der Waals surface area (Å²) in [7, 11) is 0. The third kappa shape index (κ3) is 1.40. The Morgan fingerprint density at radius 2 is 2.22 bits per heavy atom. The van der Waals surface area contributed by atoms with Crippen molar-refractivity contribution in [2.24, 2.45) is 5.73 Å². The van der Waals surface area contributed by atoms with Crippen molar-refractivity contribution in [2.75, 3.05) is 5.73 Å². The summed E-state index contributed by atoms with van der Waals surface area (Å²) in [4.78, 5) is 3.85. The summed E-state index contributed by atoms with van der Waals surface area (Å²) in [6.07, 6.45) is 3.30. The van der Waals surface area contributed by atoms with E-state index in [1.165, 1.54) is 0 Å². The highest BCUT2D eigenvalue weighted by atomic mass is 14.7. The second-order valence-electron chi connectivity index (χ2n) is 1.83. The van der Waals surface area contributed by atoms with Crippen LogP contribution in [0.15, 0.2) is 18.5 Å². The molecule has 0 aromatic carbocycles. The van der Waals surface area contributed by atoms with Gasteiger partial charge in [-0.15, -0.1) is 0 Å². The smallest absolute Gasteiger partial charge is 0.0503 e. The highest BCUT2D eigenvalue weighted by molar-refractivity contribution is 5.36. The van der Waals surface area contributed by atoms with Crippen LogP contribution >= 0.6 is 0 Å². The highest BCUT2D eigenvalue weighted by Gasteiger charge is 1.87. The molecule has 9 heavy (non-hydrogen) atoms. The Morgan fingerprint density at radius 1 is 1.44 bits per heavy atom. The van der Waals surface area contributed by atoms with Crippen molar-refractivity contribution in [1.29, 1.82) is 0 Å². The van der Waals surface area contributed by atoms with Crippen LogP contribution in [0.25, 0.3) is 0 Å². The topological polar surface area (TPSA) is 64.9 Å². The molecular formula is C6H9N3. The minimum absolute atomic E-state index is 0.498. The Kier molecular flexibility index (Phi) is 1.65. The van der Waals surface area contributed by atoms with Crippen LogP contribution in [0.3, 0.4) is 0 Å². The van der Waals surface area contributed by atoms with Crippen LogP contribution in [0.4, 0.5) is 5.69 Å². The maximum atomic E-state index is 5.42. The van der Waals surface area contributed by atoms with Gasteiger partial charge in [0.1, 0.15) is 0 Å². The Bertz CT molecular complexity index is 197.